The Kier molecular flexibility index (Phi) is 5.08. The average Bonchev–Trinajstić information content (AvgIpc) is 2.72. The average molecular weight is 390 g/mol. The Balaban J connectivity index is 1.87. The number of amides is 1. The number of aromatic nitrogens is 1. The normalized spacial score (nSPS) is 14.6. The number of fused-ring (bicyclic) bond motifs is 2. The van der Waals surface area contributed by atoms with Gasteiger partial charge in [-0.25, -0.2) is 14.2 Å². The second kappa shape index (κ2) is 7.83. The number of carbonyl (C=O) groups excluding carboxylic acids is 2. The maximum Gasteiger partial charge on any atom is 0.339 e. The van der Waals surface area contributed by atoms with Crippen molar-refractivity contribution >= 4 is 34.4 Å². The number of carbonyl (C=O) groups is 2. The van der Waals surface area contributed by atoms with Gasteiger partial charge in [0, 0.05) is 5.39 Å². The highest BCUT2D eigenvalue weighted by atomic mass is 19.1. The second-order valence-corrected chi connectivity index (χ2v) is 6.95. The zero-order valence-corrected chi connectivity index (χ0v) is 15.7. The van der Waals surface area contributed by atoms with Gasteiger partial charge in [0.15, 0.2) is 6.61 Å². The van der Waals surface area contributed by atoms with E-state index in [-0.39, 0.29) is 5.82 Å². The predicted octanol–water partition coefficient (Wildman–Crippen LogP) is 3.89. The molecule has 0 bridgehead atoms. The minimum atomic E-state index is -0.706. The van der Waals surface area contributed by atoms with Crippen molar-refractivity contribution in [1.29, 1.82) is 0 Å². The molecule has 1 aliphatic carbocycles. The molecule has 2 N–H and O–H groups in total. The Morgan fingerprint density at radius 1 is 1.10 bits per heavy atom. The van der Waals surface area contributed by atoms with E-state index in [0.29, 0.717) is 22.9 Å². The fourth-order valence-electron chi connectivity index (χ4n) is 3.68. The Morgan fingerprint density at radius 2 is 1.86 bits per heavy atom. The van der Waals surface area contributed by atoms with Crippen molar-refractivity contribution in [3.8, 4) is 0 Å². The molecule has 0 saturated carbocycles. The number of esters is 1. The minimum Gasteiger partial charge on any atom is -0.452 e. The first-order chi connectivity index (χ1) is 14.0. The molecule has 1 amide bonds. The van der Waals surface area contributed by atoms with Crippen molar-refractivity contribution in [2.45, 2.75) is 19.3 Å². The van der Waals surface area contributed by atoms with Crippen LogP contribution in [0.1, 0.15) is 40.0 Å². The maximum absolute atomic E-state index is 13.2. The molecular formula is C23H19FN2O3. The summed E-state index contributed by atoms with van der Waals surface area (Å²) in [6.07, 6.45) is 4.29. The van der Waals surface area contributed by atoms with E-state index in [1.807, 2.05) is 30.3 Å². The van der Waals surface area contributed by atoms with Gasteiger partial charge in [0.25, 0.3) is 5.91 Å². The largest absolute Gasteiger partial charge is 0.452 e. The summed E-state index contributed by atoms with van der Waals surface area (Å²) in [7, 11) is 0. The molecule has 0 radical (unpaired) electrons. The molecule has 5 nitrogen and oxygen atoms in total. The third-order valence-corrected chi connectivity index (χ3v) is 4.93. The number of halogens is 1. The summed E-state index contributed by atoms with van der Waals surface area (Å²) in [6.45, 7) is -0.470. The highest BCUT2D eigenvalue weighted by Crippen LogP contribution is 2.36. The third-order valence-electron chi connectivity index (χ3n) is 4.93. The van der Waals surface area contributed by atoms with Crippen LogP contribution in [-0.4, -0.2) is 23.5 Å². The van der Waals surface area contributed by atoms with Crippen LogP contribution in [0, 0.1) is 5.82 Å². The molecule has 4 rings (SSSR count). The lowest BCUT2D eigenvalue weighted by Gasteiger charge is -2.22. The summed E-state index contributed by atoms with van der Waals surface area (Å²) < 4.78 is 18.4. The van der Waals surface area contributed by atoms with Gasteiger partial charge in [-0.05, 0) is 60.2 Å². The Hall–Kier alpha value is -3.54. The van der Waals surface area contributed by atoms with Crippen LogP contribution in [0.4, 0.5) is 4.39 Å². The molecule has 0 saturated heterocycles. The van der Waals surface area contributed by atoms with Gasteiger partial charge in [0.2, 0.25) is 0 Å². The predicted molar refractivity (Wildman–Crippen MR) is 108 cm³/mol. The summed E-state index contributed by atoms with van der Waals surface area (Å²) >= 11 is 0. The summed E-state index contributed by atoms with van der Waals surface area (Å²) in [4.78, 5) is 28.7. The van der Waals surface area contributed by atoms with Gasteiger partial charge in [0.05, 0.1) is 16.8 Å². The van der Waals surface area contributed by atoms with E-state index in [2.05, 4.69) is 0 Å². The number of ether oxygens (including phenoxy) is 1. The number of hydrogen-bond donors (Lipinski definition) is 1. The number of rotatable bonds is 4. The molecule has 1 heterocycles. The van der Waals surface area contributed by atoms with E-state index in [0.717, 1.165) is 35.2 Å². The molecule has 1 aromatic heterocycles. The molecule has 2 aromatic carbocycles. The van der Waals surface area contributed by atoms with Crippen molar-refractivity contribution in [3.63, 3.8) is 0 Å². The smallest absolute Gasteiger partial charge is 0.339 e. The summed E-state index contributed by atoms with van der Waals surface area (Å²) in [5, 5.41) is 0.684. The van der Waals surface area contributed by atoms with Gasteiger partial charge in [-0.15, -0.1) is 0 Å². The lowest BCUT2D eigenvalue weighted by atomic mass is 9.86. The minimum absolute atomic E-state index is 0.292. The highest BCUT2D eigenvalue weighted by molar-refractivity contribution is 6.07. The van der Waals surface area contributed by atoms with Crippen molar-refractivity contribution in [1.82, 2.24) is 4.98 Å². The lowest BCUT2D eigenvalue weighted by Crippen LogP contribution is -2.22. The molecule has 29 heavy (non-hydrogen) atoms. The van der Waals surface area contributed by atoms with E-state index >= 15 is 0 Å². The third kappa shape index (κ3) is 3.87. The fraction of sp³-hybridized carbons (Fsp3) is 0.174. The van der Waals surface area contributed by atoms with Gasteiger partial charge in [0.1, 0.15) is 5.82 Å². The summed E-state index contributed by atoms with van der Waals surface area (Å²) in [5.74, 6) is -1.58. The van der Waals surface area contributed by atoms with Crippen molar-refractivity contribution in [2.75, 3.05) is 6.61 Å². The molecule has 0 fully saturated rings. The van der Waals surface area contributed by atoms with Gasteiger partial charge in [-0.3, -0.25) is 4.79 Å². The van der Waals surface area contributed by atoms with E-state index in [9.17, 15) is 14.0 Å². The molecule has 0 aliphatic heterocycles. The number of nitrogens with two attached hydrogens (primary N) is 1. The number of hydrogen-bond acceptors (Lipinski definition) is 4. The van der Waals surface area contributed by atoms with Crippen molar-refractivity contribution in [2.24, 2.45) is 5.73 Å². The first kappa shape index (κ1) is 18.8. The van der Waals surface area contributed by atoms with Crippen LogP contribution in [0.5, 0.6) is 0 Å². The topological polar surface area (TPSA) is 82.3 Å². The summed E-state index contributed by atoms with van der Waals surface area (Å²) in [5.41, 5.74) is 9.61. The van der Waals surface area contributed by atoms with E-state index in [4.69, 9.17) is 15.5 Å². The highest BCUT2D eigenvalue weighted by Gasteiger charge is 2.26. The number of primary amides is 1. The fourth-order valence-corrected chi connectivity index (χ4v) is 3.68. The number of benzene rings is 2. The first-order valence-corrected chi connectivity index (χ1v) is 9.36. The summed E-state index contributed by atoms with van der Waals surface area (Å²) in [6, 6.07) is 13.6. The zero-order valence-electron chi connectivity index (χ0n) is 15.7. The molecule has 0 unspecified atom stereocenters. The zero-order chi connectivity index (χ0) is 20.4. The molecule has 3 aromatic rings. The SMILES string of the molecule is NC(=O)COC(=O)c1c2c(nc3ccccc13)/C(=C/c1ccc(F)cc1)CCC2. The van der Waals surface area contributed by atoms with Gasteiger partial charge < -0.3 is 10.5 Å². The maximum atomic E-state index is 13.2. The Labute approximate surface area is 167 Å². The van der Waals surface area contributed by atoms with Crippen LogP contribution in [0.25, 0.3) is 22.6 Å². The van der Waals surface area contributed by atoms with Crippen molar-refractivity contribution < 1.29 is 18.7 Å². The molecular weight excluding hydrogens is 371 g/mol. The standard InChI is InChI=1S/C23H19FN2O3/c24-16-10-8-14(9-11-16)12-15-4-3-6-18-21(23(28)29-13-20(25)27)17-5-1-2-7-19(17)26-22(15)18/h1-2,5,7-12H,3-4,6,13H2,(H2,25,27)/b15-12+. The second-order valence-electron chi connectivity index (χ2n) is 6.95. The van der Waals surface area contributed by atoms with Crippen LogP contribution >= 0.6 is 0 Å². The Morgan fingerprint density at radius 3 is 2.62 bits per heavy atom. The van der Waals surface area contributed by atoms with E-state index in [1.165, 1.54) is 12.1 Å². The number of allylic oxidation sites excluding steroid dienone is 1. The van der Waals surface area contributed by atoms with Gasteiger partial charge in [-0.2, -0.15) is 0 Å². The quantitative estimate of drug-likeness (QED) is 0.685. The van der Waals surface area contributed by atoms with Gasteiger partial charge in [-0.1, -0.05) is 30.3 Å². The van der Waals surface area contributed by atoms with Crippen LogP contribution in [0.3, 0.4) is 0 Å². The van der Waals surface area contributed by atoms with Crippen molar-refractivity contribution in [3.05, 3.63) is 76.7 Å². The molecule has 0 spiro atoms. The van der Waals surface area contributed by atoms with Crippen LogP contribution in [-0.2, 0) is 16.0 Å². The lowest BCUT2D eigenvalue weighted by molar-refractivity contribution is -0.121. The molecule has 1 aliphatic rings. The van der Waals surface area contributed by atoms with Crippen LogP contribution in [0.2, 0.25) is 0 Å². The molecule has 0 atom stereocenters. The number of para-hydroxylation sites is 1. The van der Waals surface area contributed by atoms with Crippen LogP contribution in [0.15, 0.2) is 48.5 Å². The monoisotopic (exact) mass is 390 g/mol. The number of nitrogens with zero attached hydrogens (tertiary/aromatic N) is 1. The van der Waals surface area contributed by atoms with E-state index < -0.39 is 18.5 Å². The molecule has 146 valence electrons. The first-order valence-electron chi connectivity index (χ1n) is 9.36. The molecule has 6 heteroatoms. The van der Waals surface area contributed by atoms with Crippen LogP contribution < -0.4 is 5.73 Å². The number of pyridine rings is 1. The Bertz CT molecular complexity index is 1140. The van der Waals surface area contributed by atoms with Gasteiger partial charge >= 0.3 is 5.97 Å². The van der Waals surface area contributed by atoms with E-state index in [1.54, 1.807) is 12.1 Å².